The topological polar surface area (TPSA) is 113 Å². The first kappa shape index (κ1) is 9.66. The van der Waals surface area contributed by atoms with Crippen LogP contribution in [0.25, 0.3) is 0 Å². The summed E-state index contributed by atoms with van der Waals surface area (Å²) in [7, 11) is 0. The zero-order valence-electron chi connectivity index (χ0n) is 5.87. The lowest BCUT2D eigenvalue weighted by molar-refractivity contribution is 1.04. The van der Waals surface area contributed by atoms with Gasteiger partial charge in [0.25, 0.3) is 5.56 Å². The Morgan fingerprint density at radius 2 is 1.83 bits per heavy atom. The van der Waals surface area contributed by atoms with Crippen LogP contribution in [0.5, 0.6) is 0 Å². The molecule has 2 N–H and O–H groups in total. The van der Waals surface area contributed by atoms with E-state index in [0.717, 1.165) is 0 Å². The number of aromatic nitrogens is 2. The van der Waals surface area contributed by atoms with Crippen molar-refractivity contribution < 1.29 is 0 Å². The average Bonchev–Trinajstić information content (AvgIpc) is 2.04. The first-order valence-corrected chi connectivity index (χ1v) is 2.77. The molecule has 1 aromatic rings. The van der Waals surface area contributed by atoms with Crippen LogP contribution in [-0.4, -0.2) is 9.97 Å². The van der Waals surface area contributed by atoms with Crippen molar-refractivity contribution in [2.45, 2.75) is 0 Å². The molecule has 0 fully saturated rings. The fraction of sp³-hybridized carbons (Fsp3) is 0. The van der Waals surface area contributed by atoms with Crippen LogP contribution in [0.3, 0.4) is 0 Å². The summed E-state index contributed by atoms with van der Waals surface area (Å²) in [5.74, 6) is 0. The minimum atomic E-state index is -0.475. The maximum atomic E-state index is 10.2. The van der Waals surface area contributed by atoms with Crippen molar-refractivity contribution in [3.05, 3.63) is 33.1 Å². The van der Waals surface area contributed by atoms with Crippen LogP contribution >= 0.6 is 0 Å². The van der Waals surface area contributed by atoms with E-state index in [1.165, 1.54) is 24.4 Å². The summed E-state index contributed by atoms with van der Waals surface area (Å²) in [6.45, 7) is 0. The third-order valence-corrected chi connectivity index (χ3v) is 0.736. The van der Waals surface area contributed by atoms with E-state index in [1.54, 1.807) is 0 Å². The maximum Gasteiger partial charge on any atom is 0.325 e. The number of rotatable bonds is 0. The minimum Gasteiger partial charge on any atom is -0.314 e. The first-order chi connectivity index (χ1) is 5.70. The molecule has 0 amide bonds. The SMILES string of the molecule is N#CC#N.O=c1cc[nH]c(=O)[nH]1. The van der Waals surface area contributed by atoms with Gasteiger partial charge in [-0.3, -0.25) is 9.78 Å². The number of nitriles is 2. The molecule has 0 aliphatic heterocycles. The molecule has 0 atom stereocenters. The van der Waals surface area contributed by atoms with Crippen molar-refractivity contribution >= 4 is 0 Å². The van der Waals surface area contributed by atoms with E-state index in [1.807, 2.05) is 4.98 Å². The quantitative estimate of drug-likeness (QED) is 0.517. The fourth-order valence-electron chi connectivity index (χ4n) is 0.383. The van der Waals surface area contributed by atoms with Gasteiger partial charge in [-0.05, 0) is 0 Å². The molecular weight excluding hydrogens is 160 g/mol. The molecule has 1 aromatic heterocycles. The van der Waals surface area contributed by atoms with Gasteiger partial charge >= 0.3 is 5.69 Å². The molecule has 12 heavy (non-hydrogen) atoms. The van der Waals surface area contributed by atoms with Crippen LogP contribution in [0.4, 0.5) is 0 Å². The van der Waals surface area contributed by atoms with Gasteiger partial charge in [-0.1, -0.05) is 0 Å². The summed E-state index contributed by atoms with van der Waals surface area (Å²) in [5.41, 5.74) is -0.855. The molecule has 6 nitrogen and oxygen atoms in total. The molecule has 0 saturated heterocycles. The Hall–Kier alpha value is -2.34. The summed E-state index contributed by atoms with van der Waals surface area (Å²) in [5, 5.41) is 14.5. The van der Waals surface area contributed by atoms with Crippen molar-refractivity contribution in [3.8, 4) is 12.1 Å². The zero-order chi connectivity index (χ0) is 9.40. The predicted molar refractivity (Wildman–Crippen MR) is 38.9 cm³/mol. The van der Waals surface area contributed by atoms with Gasteiger partial charge in [0.15, 0.2) is 12.1 Å². The Balaban J connectivity index is 0.000000261. The molecule has 0 bridgehead atoms. The molecule has 0 saturated carbocycles. The van der Waals surface area contributed by atoms with Gasteiger partial charge in [-0.15, -0.1) is 0 Å². The lowest BCUT2D eigenvalue weighted by atomic mass is 10.7. The largest absolute Gasteiger partial charge is 0.325 e. The number of hydrogen-bond donors (Lipinski definition) is 2. The molecule has 1 rings (SSSR count). The summed E-state index contributed by atoms with van der Waals surface area (Å²) >= 11 is 0. The highest BCUT2D eigenvalue weighted by Gasteiger charge is 1.77. The lowest BCUT2D eigenvalue weighted by Crippen LogP contribution is -2.19. The highest BCUT2D eigenvalue weighted by molar-refractivity contribution is 4.99. The van der Waals surface area contributed by atoms with Crippen molar-refractivity contribution in [1.82, 2.24) is 9.97 Å². The van der Waals surface area contributed by atoms with Gasteiger partial charge in [0.1, 0.15) is 0 Å². The summed E-state index contributed by atoms with van der Waals surface area (Å²) in [4.78, 5) is 24.7. The van der Waals surface area contributed by atoms with Crippen molar-refractivity contribution in [2.24, 2.45) is 0 Å². The third kappa shape index (κ3) is 4.53. The molecule has 0 unspecified atom stereocenters. The molecule has 0 aliphatic carbocycles. The number of nitrogens with zero attached hydrogens (tertiary/aromatic N) is 2. The van der Waals surface area contributed by atoms with Gasteiger partial charge in [0.05, 0.1) is 0 Å². The van der Waals surface area contributed by atoms with Gasteiger partial charge in [-0.25, -0.2) is 4.79 Å². The van der Waals surface area contributed by atoms with Crippen molar-refractivity contribution in [2.75, 3.05) is 0 Å². The van der Waals surface area contributed by atoms with E-state index in [4.69, 9.17) is 10.5 Å². The molecule has 1 heterocycles. The zero-order valence-corrected chi connectivity index (χ0v) is 5.87. The summed E-state index contributed by atoms with van der Waals surface area (Å²) < 4.78 is 0. The Bertz CT molecular complexity index is 379. The smallest absolute Gasteiger partial charge is 0.314 e. The number of H-pyrrole nitrogens is 2. The lowest BCUT2D eigenvalue weighted by Gasteiger charge is -1.75. The third-order valence-electron chi connectivity index (χ3n) is 0.736. The highest BCUT2D eigenvalue weighted by Crippen LogP contribution is 1.51. The van der Waals surface area contributed by atoms with Crippen LogP contribution in [-0.2, 0) is 0 Å². The van der Waals surface area contributed by atoms with E-state index in [9.17, 15) is 9.59 Å². The second kappa shape index (κ2) is 5.45. The van der Waals surface area contributed by atoms with Crippen LogP contribution in [0.15, 0.2) is 21.9 Å². The van der Waals surface area contributed by atoms with Crippen LogP contribution in [0, 0.1) is 22.7 Å². The molecule has 0 aliphatic rings. The maximum absolute atomic E-state index is 10.2. The first-order valence-electron chi connectivity index (χ1n) is 2.77. The van der Waals surface area contributed by atoms with Crippen LogP contribution < -0.4 is 11.2 Å². The predicted octanol–water partition coefficient (Wildman–Crippen LogP) is -0.903. The Morgan fingerprint density at radius 3 is 2.08 bits per heavy atom. The summed E-state index contributed by atoms with van der Waals surface area (Å²) in [6.07, 6.45) is 1.29. The fourth-order valence-corrected chi connectivity index (χ4v) is 0.383. The highest BCUT2D eigenvalue weighted by atomic mass is 16.2. The second-order valence-corrected chi connectivity index (χ2v) is 1.52. The van der Waals surface area contributed by atoms with Gasteiger partial charge in [-0.2, -0.15) is 10.5 Å². The van der Waals surface area contributed by atoms with E-state index in [0.29, 0.717) is 0 Å². The average molecular weight is 164 g/mol. The van der Waals surface area contributed by atoms with Gasteiger partial charge < -0.3 is 4.98 Å². The normalized spacial score (nSPS) is 6.83. The molecule has 0 radical (unpaired) electrons. The molecule has 60 valence electrons. The molecule has 0 spiro atoms. The number of hydrogen-bond acceptors (Lipinski definition) is 4. The molecule has 6 heteroatoms. The van der Waals surface area contributed by atoms with Crippen LogP contribution in [0.2, 0.25) is 0 Å². The van der Waals surface area contributed by atoms with E-state index in [-0.39, 0.29) is 5.56 Å². The van der Waals surface area contributed by atoms with Crippen molar-refractivity contribution in [3.63, 3.8) is 0 Å². The number of nitrogens with one attached hydrogen (secondary N) is 2. The van der Waals surface area contributed by atoms with E-state index in [2.05, 4.69) is 4.98 Å². The number of aromatic amines is 2. The van der Waals surface area contributed by atoms with Gasteiger partial charge in [0.2, 0.25) is 0 Å². The van der Waals surface area contributed by atoms with Crippen molar-refractivity contribution in [1.29, 1.82) is 10.5 Å². The molecular formula is C6H4N4O2. The van der Waals surface area contributed by atoms with E-state index >= 15 is 0 Å². The minimum absolute atomic E-state index is 0.381. The Kier molecular flexibility index (Phi) is 4.38. The Labute approximate surface area is 66.7 Å². The second-order valence-electron chi connectivity index (χ2n) is 1.52. The monoisotopic (exact) mass is 164 g/mol. The van der Waals surface area contributed by atoms with Gasteiger partial charge in [0, 0.05) is 12.3 Å². The summed E-state index contributed by atoms with van der Waals surface area (Å²) in [6, 6.07) is 3.71. The van der Waals surface area contributed by atoms with Crippen LogP contribution in [0.1, 0.15) is 0 Å². The molecule has 0 aromatic carbocycles. The Morgan fingerprint density at radius 1 is 1.25 bits per heavy atom. The standard InChI is InChI=1S/C4H4N2O2.C2N2/c7-3-1-2-5-4(8)6-3;3-1-2-4/h1-2H,(H2,5,6,7,8);. The van der Waals surface area contributed by atoms with E-state index < -0.39 is 5.69 Å².